The van der Waals surface area contributed by atoms with Crippen LogP contribution < -0.4 is 10.4 Å². The van der Waals surface area contributed by atoms with Crippen LogP contribution in [0.2, 0.25) is 15.1 Å². The molecule has 4 rings (SSSR count). The Hall–Kier alpha value is -1.79. The van der Waals surface area contributed by atoms with Crippen molar-refractivity contribution in [2.45, 2.75) is 25.3 Å². The predicted molar refractivity (Wildman–Crippen MR) is 114 cm³/mol. The molecular weight excluding hydrogens is 419 g/mol. The number of rotatable bonds is 4. The number of nitrogens with zero attached hydrogens (tertiary/aromatic N) is 3. The monoisotopic (exact) mass is 436 g/mol. The molecule has 1 atom stereocenters. The Morgan fingerprint density at radius 3 is 2.36 bits per heavy atom. The average Bonchev–Trinajstić information content (AvgIpc) is 3.32. The van der Waals surface area contributed by atoms with Gasteiger partial charge in [0.05, 0.1) is 16.8 Å². The summed E-state index contributed by atoms with van der Waals surface area (Å²) < 4.78 is 0. The molecule has 1 N–H and O–H groups in total. The molecule has 2 aromatic rings. The highest BCUT2D eigenvalue weighted by Gasteiger charge is 2.34. The van der Waals surface area contributed by atoms with E-state index in [-0.39, 0.29) is 11.9 Å². The minimum Gasteiger partial charge on any atom is -0.284 e. The summed E-state index contributed by atoms with van der Waals surface area (Å²) in [5, 5.41) is 10.0. The Labute approximate surface area is 178 Å². The third-order valence-corrected chi connectivity index (χ3v) is 5.74. The molecular formula is C20H19Cl3N4O. The summed E-state index contributed by atoms with van der Waals surface area (Å²) in [6.07, 6.45) is 2.65. The molecule has 5 nitrogen and oxygen atoms in total. The molecule has 0 saturated carbocycles. The second kappa shape index (κ2) is 8.29. The van der Waals surface area contributed by atoms with Crippen LogP contribution in [0.15, 0.2) is 47.6 Å². The van der Waals surface area contributed by atoms with Crippen molar-refractivity contribution in [3.05, 3.63) is 63.1 Å². The van der Waals surface area contributed by atoms with E-state index in [1.54, 1.807) is 17.1 Å². The summed E-state index contributed by atoms with van der Waals surface area (Å²) in [4.78, 5) is 12.8. The molecule has 0 spiro atoms. The molecule has 2 aliphatic rings. The topological polar surface area (TPSA) is 47.9 Å². The lowest BCUT2D eigenvalue weighted by Gasteiger charge is -2.25. The van der Waals surface area contributed by atoms with Gasteiger partial charge in [-0.3, -0.25) is 15.2 Å². The van der Waals surface area contributed by atoms with Crippen molar-refractivity contribution < 1.29 is 4.79 Å². The van der Waals surface area contributed by atoms with Gasteiger partial charge in [0.25, 0.3) is 5.91 Å². The zero-order chi connectivity index (χ0) is 19.7. The van der Waals surface area contributed by atoms with Crippen molar-refractivity contribution >= 4 is 52.1 Å². The Bertz CT molecular complexity index is 910. The first kappa shape index (κ1) is 19.5. The predicted octanol–water partition coefficient (Wildman–Crippen LogP) is 5.08. The van der Waals surface area contributed by atoms with E-state index in [9.17, 15) is 4.79 Å². The van der Waals surface area contributed by atoms with Crippen LogP contribution in [0.5, 0.6) is 0 Å². The summed E-state index contributed by atoms with van der Waals surface area (Å²) >= 11 is 18.5. The van der Waals surface area contributed by atoms with E-state index in [1.807, 2.05) is 35.3 Å². The smallest absolute Gasteiger partial charge is 0.281 e. The fourth-order valence-electron chi connectivity index (χ4n) is 3.52. The van der Waals surface area contributed by atoms with E-state index in [2.05, 4.69) is 10.5 Å². The van der Waals surface area contributed by atoms with E-state index >= 15 is 0 Å². The third kappa shape index (κ3) is 4.13. The SMILES string of the molecule is O=C(NN1CCCC1)C1=NN(c2ccc(Cl)cc2Cl)[C@@H](c2ccc(Cl)cc2)C1. The largest absolute Gasteiger partial charge is 0.284 e. The summed E-state index contributed by atoms with van der Waals surface area (Å²) in [7, 11) is 0. The van der Waals surface area contributed by atoms with Crippen molar-refractivity contribution in [1.82, 2.24) is 10.4 Å². The summed E-state index contributed by atoms with van der Waals surface area (Å²) in [5.41, 5.74) is 5.14. The van der Waals surface area contributed by atoms with Crippen LogP contribution in [0, 0.1) is 0 Å². The quantitative estimate of drug-likeness (QED) is 0.725. The number of hydrazone groups is 1. The lowest BCUT2D eigenvalue weighted by Crippen LogP contribution is -2.43. The van der Waals surface area contributed by atoms with Gasteiger partial charge in [-0.1, -0.05) is 46.9 Å². The maximum absolute atomic E-state index is 12.8. The van der Waals surface area contributed by atoms with Gasteiger partial charge in [0, 0.05) is 29.6 Å². The van der Waals surface area contributed by atoms with Crippen molar-refractivity contribution in [2.75, 3.05) is 18.1 Å². The van der Waals surface area contributed by atoms with E-state index in [1.165, 1.54) is 0 Å². The van der Waals surface area contributed by atoms with Crippen molar-refractivity contribution in [3.8, 4) is 0 Å². The first-order valence-electron chi connectivity index (χ1n) is 9.14. The van der Waals surface area contributed by atoms with Crippen LogP contribution >= 0.6 is 34.8 Å². The van der Waals surface area contributed by atoms with E-state index < -0.39 is 0 Å². The van der Waals surface area contributed by atoms with Crippen molar-refractivity contribution in [1.29, 1.82) is 0 Å². The summed E-state index contributed by atoms with van der Waals surface area (Å²) in [5.74, 6) is -0.173. The van der Waals surface area contributed by atoms with Crippen LogP contribution in [-0.2, 0) is 4.79 Å². The van der Waals surface area contributed by atoms with E-state index in [0.717, 1.165) is 31.5 Å². The van der Waals surface area contributed by atoms with E-state index in [0.29, 0.717) is 32.9 Å². The minimum atomic E-state index is -0.173. The molecule has 0 unspecified atom stereocenters. The zero-order valence-electron chi connectivity index (χ0n) is 15.0. The Morgan fingerprint density at radius 2 is 1.68 bits per heavy atom. The number of hydrazine groups is 1. The van der Waals surface area contributed by atoms with Gasteiger partial charge in [-0.25, -0.2) is 5.01 Å². The van der Waals surface area contributed by atoms with Crippen LogP contribution in [0.4, 0.5) is 5.69 Å². The molecule has 146 valence electrons. The summed E-state index contributed by atoms with van der Waals surface area (Å²) in [6.45, 7) is 1.73. The molecule has 0 radical (unpaired) electrons. The molecule has 0 aliphatic carbocycles. The number of halogens is 3. The zero-order valence-corrected chi connectivity index (χ0v) is 17.3. The molecule has 0 bridgehead atoms. The van der Waals surface area contributed by atoms with Crippen LogP contribution in [0.1, 0.15) is 30.9 Å². The molecule has 2 heterocycles. The van der Waals surface area contributed by atoms with Crippen LogP contribution in [-0.4, -0.2) is 29.7 Å². The molecule has 28 heavy (non-hydrogen) atoms. The highest BCUT2D eigenvalue weighted by Crippen LogP contribution is 2.39. The van der Waals surface area contributed by atoms with Crippen LogP contribution in [0.3, 0.4) is 0 Å². The van der Waals surface area contributed by atoms with Gasteiger partial charge < -0.3 is 0 Å². The van der Waals surface area contributed by atoms with Crippen LogP contribution in [0.25, 0.3) is 0 Å². The van der Waals surface area contributed by atoms with Gasteiger partial charge in [-0.2, -0.15) is 5.10 Å². The molecule has 1 amide bonds. The minimum absolute atomic E-state index is 0.157. The number of carbonyl (C=O) groups is 1. The molecule has 1 fully saturated rings. The lowest BCUT2D eigenvalue weighted by molar-refractivity contribution is -0.119. The molecule has 2 aliphatic heterocycles. The van der Waals surface area contributed by atoms with E-state index in [4.69, 9.17) is 34.8 Å². The normalized spacial score (nSPS) is 19.8. The average molecular weight is 438 g/mol. The molecule has 8 heteroatoms. The van der Waals surface area contributed by atoms with Crippen molar-refractivity contribution in [2.24, 2.45) is 5.10 Å². The van der Waals surface area contributed by atoms with Gasteiger partial charge in [-0.15, -0.1) is 0 Å². The highest BCUT2D eigenvalue weighted by molar-refractivity contribution is 6.40. The number of benzene rings is 2. The van der Waals surface area contributed by atoms with Gasteiger partial charge in [0.1, 0.15) is 5.71 Å². The molecule has 0 aromatic heterocycles. The number of amides is 1. The first-order valence-corrected chi connectivity index (χ1v) is 10.3. The third-order valence-electron chi connectivity index (χ3n) is 4.95. The lowest BCUT2D eigenvalue weighted by atomic mass is 10.0. The Balaban J connectivity index is 1.65. The Kier molecular flexibility index (Phi) is 5.78. The fourth-order valence-corrected chi connectivity index (χ4v) is 4.14. The first-order chi connectivity index (χ1) is 13.5. The summed E-state index contributed by atoms with van der Waals surface area (Å²) in [6, 6.07) is 12.7. The second-order valence-electron chi connectivity index (χ2n) is 6.89. The van der Waals surface area contributed by atoms with Gasteiger partial charge in [0.2, 0.25) is 0 Å². The van der Waals surface area contributed by atoms with Gasteiger partial charge in [0.15, 0.2) is 0 Å². The maximum atomic E-state index is 12.8. The van der Waals surface area contributed by atoms with Crippen molar-refractivity contribution in [3.63, 3.8) is 0 Å². The number of hydrogen-bond acceptors (Lipinski definition) is 4. The highest BCUT2D eigenvalue weighted by atomic mass is 35.5. The fraction of sp³-hybridized carbons (Fsp3) is 0.300. The van der Waals surface area contributed by atoms with Gasteiger partial charge >= 0.3 is 0 Å². The second-order valence-corrected chi connectivity index (χ2v) is 8.17. The molecule has 2 aromatic carbocycles. The van der Waals surface area contributed by atoms with Gasteiger partial charge in [-0.05, 0) is 48.7 Å². The maximum Gasteiger partial charge on any atom is 0.281 e. The number of hydrogen-bond donors (Lipinski definition) is 1. The number of nitrogens with one attached hydrogen (secondary N) is 1. The molecule has 1 saturated heterocycles. The number of carbonyl (C=O) groups excluding carboxylic acids is 1. The number of anilines is 1. The standard InChI is InChI=1S/C20H19Cl3N4O/c21-14-5-3-13(4-6-14)19-12-17(20(28)25-26-9-1-2-10-26)24-27(19)18-8-7-15(22)11-16(18)23/h3-8,11,19H,1-2,9-10,12H2,(H,25,28)/t19-/m1/s1. The Morgan fingerprint density at radius 1 is 1.00 bits per heavy atom.